The molecule has 3 aromatic rings. The number of sulfonamides is 1. The van der Waals surface area contributed by atoms with Crippen LogP contribution in [0.2, 0.25) is 0 Å². The Morgan fingerprint density at radius 1 is 0.828 bits per heavy atom. The number of hydrogen-bond acceptors (Lipinski definition) is 3. The second-order valence-corrected chi connectivity index (χ2v) is 7.68. The van der Waals surface area contributed by atoms with Gasteiger partial charge in [0.1, 0.15) is 0 Å². The van der Waals surface area contributed by atoms with E-state index in [9.17, 15) is 26.4 Å². The van der Waals surface area contributed by atoms with E-state index in [1.807, 2.05) is 4.72 Å². The third kappa shape index (κ3) is 4.94. The molecule has 5 nitrogen and oxygen atoms in total. The molecule has 0 aliphatic heterocycles. The molecule has 0 spiro atoms. The van der Waals surface area contributed by atoms with Crippen molar-refractivity contribution in [2.75, 3.05) is 10.0 Å². The summed E-state index contributed by atoms with van der Waals surface area (Å²) < 4.78 is 67.3. The average molecular weight is 420 g/mol. The lowest BCUT2D eigenvalue weighted by Crippen LogP contribution is -2.18. The first-order chi connectivity index (χ1) is 13.7. The molecule has 0 aromatic heterocycles. The zero-order valence-electron chi connectivity index (χ0n) is 14.8. The molecule has 150 valence electrons. The second kappa shape index (κ2) is 7.96. The van der Waals surface area contributed by atoms with Gasteiger partial charge in [-0.3, -0.25) is 9.52 Å². The molecule has 0 saturated carbocycles. The van der Waals surface area contributed by atoms with Gasteiger partial charge in [0.2, 0.25) is 0 Å². The first-order valence-corrected chi connectivity index (χ1v) is 9.81. The van der Waals surface area contributed by atoms with Crippen molar-refractivity contribution in [3.05, 3.63) is 90.0 Å². The highest BCUT2D eigenvalue weighted by atomic mass is 32.2. The van der Waals surface area contributed by atoms with Crippen molar-refractivity contribution in [3.63, 3.8) is 0 Å². The molecule has 0 unspecified atom stereocenters. The first kappa shape index (κ1) is 20.4. The Hall–Kier alpha value is -3.33. The molecule has 0 radical (unpaired) electrons. The van der Waals surface area contributed by atoms with Crippen LogP contribution >= 0.6 is 0 Å². The van der Waals surface area contributed by atoms with Gasteiger partial charge in [0.05, 0.1) is 16.1 Å². The Bertz CT molecular complexity index is 1120. The van der Waals surface area contributed by atoms with Gasteiger partial charge in [-0.2, -0.15) is 13.2 Å². The number of alkyl halides is 3. The largest absolute Gasteiger partial charge is 0.418 e. The van der Waals surface area contributed by atoms with Crippen LogP contribution in [-0.2, 0) is 16.2 Å². The zero-order chi connectivity index (χ0) is 21.1. The van der Waals surface area contributed by atoms with Crippen molar-refractivity contribution in [3.8, 4) is 0 Å². The normalized spacial score (nSPS) is 11.7. The highest BCUT2D eigenvalue weighted by Gasteiger charge is 2.35. The molecular weight excluding hydrogens is 405 g/mol. The molecule has 3 aromatic carbocycles. The van der Waals surface area contributed by atoms with E-state index in [0.29, 0.717) is 6.07 Å². The molecule has 0 aliphatic rings. The lowest BCUT2D eigenvalue weighted by Gasteiger charge is -2.16. The van der Waals surface area contributed by atoms with E-state index < -0.39 is 33.4 Å². The molecule has 3 rings (SSSR count). The summed E-state index contributed by atoms with van der Waals surface area (Å²) in [6.45, 7) is 0. The number of nitrogens with one attached hydrogen (secondary N) is 2. The number of hydrogen-bond donors (Lipinski definition) is 2. The van der Waals surface area contributed by atoms with Crippen molar-refractivity contribution in [1.29, 1.82) is 0 Å². The van der Waals surface area contributed by atoms with Crippen molar-refractivity contribution < 1.29 is 26.4 Å². The quantitative estimate of drug-likeness (QED) is 0.625. The fraction of sp³-hybridized carbons (Fsp3) is 0.0500. The lowest BCUT2D eigenvalue weighted by molar-refractivity contribution is -0.136. The van der Waals surface area contributed by atoms with Crippen LogP contribution in [0.4, 0.5) is 24.5 Å². The van der Waals surface area contributed by atoms with Crippen LogP contribution in [0.25, 0.3) is 0 Å². The Kier molecular flexibility index (Phi) is 5.60. The Balaban J connectivity index is 1.92. The summed E-state index contributed by atoms with van der Waals surface area (Å²) in [5, 5.41) is 2.38. The van der Waals surface area contributed by atoms with Crippen LogP contribution in [0.1, 0.15) is 15.9 Å². The standard InChI is InChI=1S/C20H15F3N2O3S/c21-20(22,23)17-13-15(24-19(26)14-7-3-1-4-8-14)11-12-18(17)25-29(27,28)16-9-5-2-6-10-16/h1-13,25H,(H,24,26). The molecular formula is C20H15F3N2O3S. The summed E-state index contributed by atoms with van der Waals surface area (Å²) in [4.78, 5) is 12.0. The minimum Gasteiger partial charge on any atom is -0.322 e. The van der Waals surface area contributed by atoms with E-state index in [-0.39, 0.29) is 16.1 Å². The fourth-order valence-corrected chi connectivity index (χ4v) is 3.64. The number of benzene rings is 3. The zero-order valence-corrected chi connectivity index (χ0v) is 15.6. The molecule has 0 bridgehead atoms. The Labute approximate surface area is 165 Å². The van der Waals surface area contributed by atoms with Crippen LogP contribution in [0.15, 0.2) is 83.8 Å². The Morgan fingerprint density at radius 3 is 2.00 bits per heavy atom. The van der Waals surface area contributed by atoms with E-state index in [0.717, 1.165) is 6.07 Å². The van der Waals surface area contributed by atoms with Crippen molar-refractivity contribution >= 4 is 27.3 Å². The van der Waals surface area contributed by atoms with Crippen LogP contribution in [-0.4, -0.2) is 14.3 Å². The fourth-order valence-electron chi connectivity index (χ4n) is 2.54. The van der Waals surface area contributed by atoms with E-state index in [1.165, 1.54) is 42.5 Å². The average Bonchev–Trinajstić information content (AvgIpc) is 2.69. The first-order valence-electron chi connectivity index (χ1n) is 8.32. The van der Waals surface area contributed by atoms with Gasteiger partial charge in [0, 0.05) is 11.3 Å². The van der Waals surface area contributed by atoms with E-state index in [2.05, 4.69) is 5.32 Å². The molecule has 0 heterocycles. The lowest BCUT2D eigenvalue weighted by atomic mass is 10.1. The third-order valence-electron chi connectivity index (χ3n) is 3.92. The SMILES string of the molecule is O=C(Nc1ccc(NS(=O)(=O)c2ccccc2)c(C(F)(F)F)c1)c1ccccc1. The maximum Gasteiger partial charge on any atom is 0.418 e. The molecule has 2 N–H and O–H groups in total. The highest BCUT2D eigenvalue weighted by Crippen LogP contribution is 2.37. The molecule has 0 aliphatic carbocycles. The van der Waals surface area contributed by atoms with Crippen LogP contribution in [0.5, 0.6) is 0 Å². The second-order valence-electron chi connectivity index (χ2n) is 6.00. The van der Waals surface area contributed by atoms with Crippen LogP contribution in [0, 0.1) is 0 Å². The summed E-state index contributed by atoms with van der Waals surface area (Å²) in [6, 6.07) is 17.9. The molecule has 0 atom stereocenters. The summed E-state index contributed by atoms with van der Waals surface area (Å²) >= 11 is 0. The predicted octanol–water partition coefficient (Wildman–Crippen LogP) is 4.76. The number of amides is 1. The van der Waals surface area contributed by atoms with Gasteiger partial charge in [-0.05, 0) is 42.5 Å². The summed E-state index contributed by atoms with van der Waals surface area (Å²) in [6.07, 6.45) is -4.85. The van der Waals surface area contributed by atoms with Crippen molar-refractivity contribution in [2.45, 2.75) is 11.1 Å². The number of rotatable bonds is 5. The van der Waals surface area contributed by atoms with Crippen LogP contribution in [0.3, 0.4) is 0 Å². The third-order valence-corrected chi connectivity index (χ3v) is 5.30. The number of carbonyl (C=O) groups is 1. The maximum atomic E-state index is 13.5. The summed E-state index contributed by atoms with van der Waals surface area (Å²) in [7, 11) is -4.21. The number of anilines is 2. The molecule has 29 heavy (non-hydrogen) atoms. The van der Waals surface area contributed by atoms with E-state index in [4.69, 9.17) is 0 Å². The molecule has 0 fully saturated rings. The van der Waals surface area contributed by atoms with Gasteiger partial charge in [-0.1, -0.05) is 36.4 Å². The highest BCUT2D eigenvalue weighted by molar-refractivity contribution is 7.92. The molecule has 9 heteroatoms. The Morgan fingerprint density at radius 2 is 1.41 bits per heavy atom. The molecule has 0 saturated heterocycles. The number of carbonyl (C=O) groups excluding carboxylic acids is 1. The number of halogens is 3. The van der Waals surface area contributed by atoms with Crippen LogP contribution < -0.4 is 10.0 Å². The summed E-state index contributed by atoms with van der Waals surface area (Å²) in [5.74, 6) is -0.587. The monoisotopic (exact) mass is 420 g/mol. The van der Waals surface area contributed by atoms with Gasteiger partial charge >= 0.3 is 6.18 Å². The van der Waals surface area contributed by atoms with E-state index >= 15 is 0 Å². The minimum absolute atomic E-state index is 0.117. The van der Waals surface area contributed by atoms with E-state index in [1.54, 1.807) is 24.3 Å². The minimum atomic E-state index is -4.85. The van der Waals surface area contributed by atoms with Crippen molar-refractivity contribution in [2.24, 2.45) is 0 Å². The predicted molar refractivity (Wildman–Crippen MR) is 103 cm³/mol. The van der Waals surface area contributed by atoms with Gasteiger partial charge in [0.15, 0.2) is 0 Å². The van der Waals surface area contributed by atoms with Crippen molar-refractivity contribution in [1.82, 2.24) is 0 Å². The molecule has 1 amide bonds. The van der Waals surface area contributed by atoms with Gasteiger partial charge in [-0.25, -0.2) is 8.42 Å². The topological polar surface area (TPSA) is 75.3 Å². The van der Waals surface area contributed by atoms with Gasteiger partial charge in [0.25, 0.3) is 15.9 Å². The smallest absolute Gasteiger partial charge is 0.322 e. The maximum absolute atomic E-state index is 13.5. The van der Waals surface area contributed by atoms with Gasteiger partial charge in [-0.15, -0.1) is 0 Å². The summed E-state index contributed by atoms with van der Waals surface area (Å²) in [5.41, 5.74) is -1.70. The van der Waals surface area contributed by atoms with Gasteiger partial charge < -0.3 is 5.32 Å².